The molecule has 0 atom stereocenters. The Morgan fingerprint density at radius 2 is 2.00 bits per heavy atom. The van der Waals surface area contributed by atoms with Gasteiger partial charge in [0.2, 0.25) is 5.91 Å². The number of aromatic nitrogens is 1. The number of thiazole rings is 1. The van der Waals surface area contributed by atoms with Crippen molar-refractivity contribution < 1.29 is 19.1 Å². The molecule has 142 valence electrons. The highest BCUT2D eigenvalue weighted by Crippen LogP contribution is 2.17. The van der Waals surface area contributed by atoms with E-state index in [2.05, 4.69) is 22.2 Å². The molecule has 4 amide bonds. The minimum atomic E-state index is -0.355. The van der Waals surface area contributed by atoms with Gasteiger partial charge in [0.1, 0.15) is 0 Å². The predicted molar refractivity (Wildman–Crippen MR) is 98.2 cm³/mol. The van der Waals surface area contributed by atoms with Gasteiger partial charge in [0.05, 0.1) is 18.7 Å². The van der Waals surface area contributed by atoms with Crippen LogP contribution in [0.3, 0.4) is 0 Å². The number of rotatable bonds is 6. The molecular weight excluding hydrogens is 358 g/mol. The summed E-state index contributed by atoms with van der Waals surface area (Å²) in [6.45, 7) is 7.74. The Hall–Kier alpha value is -2.62. The largest absolute Gasteiger partial charge is 0.450 e. The molecule has 1 aliphatic rings. The molecule has 0 aromatic carbocycles. The summed E-state index contributed by atoms with van der Waals surface area (Å²) in [6.07, 6.45) is 1.40. The Balaban J connectivity index is 1.79. The third-order valence-corrected chi connectivity index (χ3v) is 4.45. The molecule has 0 spiro atoms. The Morgan fingerprint density at radius 1 is 1.31 bits per heavy atom. The van der Waals surface area contributed by atoms with Gasteiger partial charge in [-0.1, -0.05) is 6.08 Å². The van der Waals surface area contributed by atoms with Gasteiger partial charge in [-0.15, -0.1) is 17.9 Å². The van der Waals surface area contributed by atoms with Gasteiger partial charge in [-0.25, -0.2) is 14.6 Å². The molecule has 1 saturated heterocycles. The molecule has 1 aromatic rings. The molecule has 10 heteroatoms. The van der Waals surface area contributed by atoms with Gasteiger partial charge < -0.3 is 19.9 Å². The summed E-state index contributed by atoms with van der Waals surface area (Å²) in [7, 11) is 0. The summed E-state index contributed by atoms with van der Waals surface area (Å²) >= 11 is 1.27. The van der Waals surface area contributed by atoms with Crippen LogP contribution < -0.4 is 10.6 Å². The number of hydrogen-bond donors (Lipinski definition) is 2. The molecule has 2 N–H and O–H groups in total. The number of nitrogens with one attached hydrogen (secondary N) is 2. The maximum atomic E-state index is 12.3. The lowest BCUT2D eigenvalue weighted by Gasteiger charge is -2.33. The molecule has 0 bridgehead atoms. The van der Waals surface area contributed by atoms with Crippen molar-refractivity contribution in [2.75, 3.05) is 44.6 Å². The van der Waals surface area contributed by atoms with Crippen LogP contribution in [0.1, 0.15) is 12.6 Å². The third-order valence-electron chi connectivity index (χ3n) is 3.64. The number of nitrogens with zero attached hydrogens (tertiary/aromatic N) is 3. The van der Waals surface area contributed by atoms with Crippen molar-refractivity contribution >= 4 is 34.5 Å². The first-order chi connectivity index (χ1) is 12.5. The van der Waals surface area contributed by atoms with E-state index in [0.29, 0.717) is 50.2 Å². The van der Waals surface area contributed by atoms with E-state index in [9.17, 15) is 14.4 Å². The maximum Gasteiger partial charge on any atom is 0.409 e. The lowest BCUT2D eigenvalue weighted by molar-refractivity contribution is -0.120. The fourth-order valence-electron chi connectivity index (χ4n) is 2.34. The van der Waals surface area contributed by atoms with Crippen molar-refractivity contribution in [1.82, 2.24) is 20.1 Å². The fraction of sp³-hybridized carbons (Fsp3) is 0.500. The number of hydrogen-bond acceptors (Lipinski definition) is 6. The minimum absolute atomic E-state index is 0.150. The average molecular weight is 381 g/mol. The van der Waals surface area contributed by atoms with Gasteiger partial charge in [0.25, 0.3) is 0 Å². The van der Waals surface area contributed by atoms with Crippen LogP contribution in [0.15, 0.2) is 18.0 Å². The Labute approximate surface area is 156 Å². The number of anilines is 1. The van der Waals surface area contributed by atoms with E-state index in [4.69, 9.17) is 4.74 Å². The van der Waals surface area contributed by atoms with Crippen LogP contribution in [0.4, 0.5) is 14.7 Å². The van der Waals surface area contributed by atoms with Crippen LogP contribution in [0.25, 0.3) is 0 Å². The zero-order chi connectivity index (χ0) is 18.9. The number of ether oxygens (including phenoxy) is 1. The molecule has 2 heterocycles. The second-order valence-electron chi connectivity index (χ2n) is 5.52. The highest BCUT2D eigenvalue weighted by atomic mass is 32.1. The lowest BCUT2D eigenvalue weighted by Crippen LogP contribution is -2.51. The third kappa shape index (κ3) is 5.73. The van der Waals surface area contributed by atoms with Crippen LogP contribution in [0.2, 0.25) is 0 Å². The molecule has 26 heavy (non-hydrogen) atoms. The monoisotopic (exact) mass is 381 g/mol. The van der Waals surface area contributed by atoms with Gasteiger partial charge in [-0.05, 0) is 6.92 Å². The number of carbonyl (C=O) groups excluding carboxylic acids is 3. The van der Waals surface area contributed by atoms with Crippen LogP contribution in [0, 0.1) is 0 Å². The van der Waals surface area contributed by atoms with E-state index >= 15 is 0 Å². The maximum absolute atomic E-state index is 12.3. The second-order valence-corrected chi connectivity index (χ2v) is 6.37. The molecule has 1 fully saturated rings. The molecular formula is C16H23N5O4S. The molecule has 0 aliphatic carbocycles. The van der Waals surface area contributed by atoms with Crippen LogP contribution in [-0.4, -0.2) is 72.1 Å². The van der Waals surface area contributed by atoms with Crippen LogP contribution in [0.5, 0.6) is 0 Å². The Kier molecular flexibility index (Phi) is 7.39. The number of amides is 4. The highest BCUT2D eigenvalue weighted by Gasteiger charge is 2.25. The van der Waals surface area contributed by atoms with Crippen molar-refractivity contribution in [1.29, 1.82) is 0 Å². The van der Waals surface area contributed by atoms with Crippen molar-refractivity contribution in [2.45, 2.75) is 13.3 Å². The summed E-state index contributed by atoms with van der Waals surface area (Å²) in [4.78, 5) is 43.1. The standard InChI is InChI=1S/C16H23N5O4S/c1-3-5-17-13(22)10-12-11-26-14(18-12)19-15(23)20-6-8-21(9-7-20)16(24)25-4-2/h3,11H,1,4-10H2,2H3,(H,17,22)(H,18,19,23). The van der Waals surface area contributed by atoms with E-state index < -0.39 is 0 Å². The average Bonchev–Trinajstić information content (AvgIpc) is 3.07. The minimum Gasteiger partial charge on any atom is -0.450 e. The van der Waals surface area contributed by atoms with Gasteiger partial charge in [-0.3, -0.25) is 10.1 Å². The van der Waals surface area contributed by atoms with Crippen molar-refractivity contribution in [3.05, 3.63) is 23.7 Å². The van der Waals surface area contributed by atoms with Gasteiger partial charge in [0.15, 0.2) is 5.13 Å². The van der Waals surface area contributed by atoms with Crippen molar-refractivity contribution in [3.8, 4) is 0 Å². The number of piperazine rings is 1. The topological polar surface area (TPSA) is 104 Å². The molecule has 9 nitrogen and oxygen atoms in total. The molecule has 0 unspecified atom stereocenters. The van der Waals surface area contributed by atoms with Gasteiger partial charge >= 0.3 is 12.1 Å². The zero-order valence-electron chi connectivity index (χ0n) is 14.7. The predicted octanol–water partition coefficient (Wildman–Crippen LogP) is 1.29. The molecule has 1 aromatic heterocycles. The van der Waals surface area contributed by atoms with Crippen LogP contribution >= 0.6 is 11.3 Å². The second kappa shape index (κ2) is 9.76. The molecule has 1 aliphatic heterocycles. The number of urea groups is 1. The first kappa shape index (κ1) is 19.7. The summed E-state index contributed by atoms with van der Waals surface area (Å²) in [5.74, 6) is -0.150. The lowest BCUT2D eigenvalue weighted by atomic mass is 10.3. The molecule has 2 rings (SSSR count). The Bertz CT molecular complexity index is 655. The van der Waals surface area contributed by atoms with E-state index in [1.165, 1.54) is 11.3 Å². The summed E-state index contributed by atoms with van der Waals surface area (Å²) < 4.78 is 4.95. The van der Waals surface area contributed by atoms with E-state index in [1.54, 1.807) is 28.2 Å². The summed E-state index contributed by atoms with van der Waals surface area (Å²) in [5, 5.41) is 7.58. The van der Waals surface area contributed by atoms with E-state index in [-0.39, 0.29) is 24.5 Å². The number of carbonyl (C=O) groups is 3. The van der Waals surface area contributed by atoms with Gasteiger partial charge in [-0.2, -0.15) is 0 Å². The first-order valence-electron chi connectivity index (χ1n) is 8.33. The van der Waals surface area contributed by atoms with Crippen molar-refractivity contribution in [3.63, 3.8) is 0 Å². The first-order valence-corrected chi connectivity index (χ1v) is 9.21. The zero-order valence-corrected chi connectivity index (χ0v) is 15.5. The quantitative estimate of drug-likeness (QED) is 0.723. The molecule has 0 radical (unpaired) electrons. The van der Waals surface area contributed by atoms with Gasteiger partial charge in [0, 0.05) is 38.1 Å². The van der Waals surface area contributed by atoms with Crippen LogP contribution in [-0.2, 0) is 16.0 Å². The summed E-state index contributed by atoms with van der Waals surface area (Å²) in [5.41, 5.74) is 0.596. The normalized spacial score (nSPS) is 13.9. The fourth-order valence-corrected chi connectivity index (χ4v) is 3.04. The Morgan fingerprint density at radius 3 is 2.65 bits per heavy atom. The SMILES string of the molecule is C=CCNC(=O)Cc1csc(NC(=O)N2CCN(C(=O)OCC)CC2)n1. The molecule has 0 saturated carbocycles. The smallest absolute Gasteiger partial charge is 0.409 e. The highest BCUT2D eigenvalue weighted by molar-refractivity contribution is 7.13. The van der Waals surface area contributed by atoms with E-state index in [0.717, 1.165) is 0 Å². The van der Waals surface area contributed by atoms with Crippen molar-refractivity contribution in [2.24, 2.45) is 0 Å². The van der Waals surface area contributed by atoms with E-state index in [1.807, 2.05) is 0 Å². The summed E-state index contributed by atoms with van der Waals surface area (Å²) in [6, 6.07) is -0.273.